The van der Waals surface area contributed by atoms with E-state index in [9.17, 15) is 4.79 Å². The van der Waals surface area contributed by atoms with E-state index in [2.05, 4.69) is 42.3 Å². The van der Waals surface area contributed by atoms with Gasteiger partial charge in [0.15, 0.2) is 0 Å². The van der Waals surface area contributed by atoms with Crippen LogP contribution >= 0.6 is 0 Å². The number of amides is 1. The van der Waals surface area contributed by atoms with E-state index >= 15 is 0 Å². The number of carbonyl (C=O) groups excluding carboxylic acids is 1. The average Bonchev–Trinajstić information content (AvgIpc) is 2.93. The Morgan fingerprint density at radius 3 is 2.96 bits per heavy atom. The molecular formula is C19H29N3O2. The van der Waals surface area contributed by atoms with Crippen molar-refractivity contribution in [1.82, 2.24) is 15.1 Å². The highest BCUT2D eigenvalue weighted by Gasteiger charge is 2.27. The van der Waals surface area contributed by atoms with Crippen molar-refractivity contribution in [2.45, 2.75) is 31.8 Å². The summed E-state index contributed by atoms with van der Waals surface area (Å²) in [4.78, 5) is 17.2. The molecule has 0 aromatic heterocycles. The Kier molecular flexibility index (Phi) is 5.41. The van der Waals surface area contributed by atoms with Crippen LogP contribution in [0.1, 0.15) is 24.0 Å². The Morgan fingerprint density at radius 1 is 1.33 bits per heavy atom. The van der Waals surface area contributed by atoms with Crippen molar-refractivity contribution in [3.8, 4) is 5.75 Å². The lowest BCUT2D eigenvalue weighted by Gasteiger charge is -2.25. The molecule has 3 rings (SSSR count). The molecule has 1 saturated heterocycles. The van der Waals surface area contributed by atoms with Gasteiger partial charge < -0.3 is 19.9 Å². The van der Waals surface area contributed by atoms with Crippen LogP contribution in [0.25, 0.3) is 0 Å². The standard InChI is InChI=1S/C19H29N3O2/c1-21(2)17-6-5-16(12-22(3)13-17)19(23)20-11-14-4-7-18-15(10-14)8-9-24-18/h4,7,10,16-17H,5-6,8-9,11-13H2,1-3H3,(H,20,23)/t16-,17+/m1/s1. The lowest BCUT2D eigenvalue weighted by Crippen LogP contribution is -2.39. The van der Waals surface area contributed by atoms with Crippen LogP contribution in [0.4, 0.5) is 0 Å². The smallest absolute Gasteiger partial charge is 0.224 e. The van der Waals surface area contributed by atoms with Crippen molar-refractivity contribution < 1.29 is 9.53 Å². The van der Waals surface area contributed by atoms with Crippen LogP contribution in [0.3, 0.4) is 0 Å². The highest BCUT2D eigenvalue weighted by atomic mass is 16.5. The molecule has 24 heavy (non-hydrogen) atoms. The molecule has 1 amide bonds. The number of ether oxygens (including phenoxy) is 1. The second kappa shape index (κ2) is 7.53. The van der Waals surface area contributed by atoms with Crippen molar-refractivity contribution in [2.24, 2.45) is 5.92 Å². The molecule has 0 radical (unpaired) electrons. The van der Waals surface area contributed by atoms with Gasteiger partial charge in [-0.05, 0) is 51.2 Å². The highest BCUT2D eigenvalue weighted by Crippen LogP contribution is 2.26. The number of nitrogens with one attached hydrogen (secondary N) is 1. The number of nitrogens with zero attached hydrogens (tertiary/aromatic N) is 2. The fourth-order valence-corrected chi connectivity index (χ4v) is 3.71. The van der Waals surface area contributed by atoms with Gasteiger partial charge in [0.1, 0.15) is 5.75 Å². The fourth-order valence-electron chi connectivity index (χ4n) is 3.71. The van der Waals surface area contributed by atoms with Gasteiger partial charge in [-0.3, -0.25) is 4.79 Å². The summed E-state index contributed by atoms with van der Waals surface area (Å²) in [5, 5.41) is 3.13. The predicted molar refractivity (Wildman–Crippen MR) is 95.2 cm³/mol. The van der Waals surface area contributed by atoms with E-state index in [1.165, 1.54) is 5.56 Å². The molecule has 2 atom stereocenters. The maximum atomic E-state index is 12.6. The maximum absolute atomic E-state index is 12.6. The summed E-state index contributed by atoms with van der Waals surface area (Å²) in [5.41, 5.74) is 2.41. The molecule has 2 heterocycles. The fraction of sp³-hybridized carbons (Fsp3) is 0.632. The Hall–Kier alpha value is -1.59. The van der Waals surface area contributed by atoms with Crippen molar-refractivity contribution in [3.63, 3.8) is 0 Å². The summed E-state index contributed by atoms with van der Waals surface area (Å²) in [7, 11) is 6.36. The van der Waals surface area contributed by atoms with Gasteiger partial charge in [0, 0.05) is 32.1 Å². The number of likely N-dealkylation sites (tertiary alicyclic amines) is 1. The van der Waals surface area contributed by atoms with Crippen LogP contribution < -0.4 is 10.1 Å². The van der Waals surface area contributed by atoms with E-state index < -0.39 is 0 Å². The summed E-state index contributed by atoms with van der Waals surface area (Å²) in [6, 6.07) is 6.75. The number of fused-ring (bicyclic) bond motifs is 1. The minimum Gasteiger partial charge on any atom is -0.493 e. The molecule has 1 N–H and O–H groups in total. The largest absolute Gasteiger partial charge is 0.493 e. The second-order valence-electron chi connectivity index (χ2n) is 7.37. The van der Waals surface area contributed by atoms with Crippen LogP contribution in [0, 0.1) is 5.92 Å². The highest BCUT2D eigenvalue weighted by molar-refractivity contribution is 5.78. The van der Waals surface area contributed by atoms with Gasteiger partial charge in [0.05, 0.1) is 12.5 Å². The zero-order valence-electron chi connectivity index (χ0n) is 15.0. The molecule has 2 aliphatic heterocycles. The zero-order chi connectivity index (χ0) is 17.1. The molecule has 0 bridgehead atoms. The zero-order valence-corrected chi connectivity index (χ0v) is 15.0. The molecular weight excluding hydrogens is 302 g/mol. The van der Waals surface area contributed by atoms with Gasteiger partial charge in [0.2, 0.25) is 5.91 Å². The van der Waals surface area contributed by atoms with E-state index in [-0.39, 0.29) is 11.8 Å². The van der Waals surface area contributed by atoms with E-state index in [0.29, 0.717) is 12.6 Å². The molecule has 0 unspecified atom stereocenters. The van der Waals surface area contributed by atoms with E-state index in [4.69, 9.17) is 4.74 Å². The third-order valence-corrected chi connectivity index (χ3v) is 5.22. The first-order chi connectivity index (χ1) is 11.5. The first kappa shape index (κ1) is 17.2. The number of rotatable bonds is 4. The summed E-state index contributed by atoms with van der Waals surface area (Å²) in [5.74, 6) is 1.25. The minimum atomic E-state index is 0.0812. The lowest BCUT2D eigenvalue weighted by atomic mass is 10.0. The van der Waals surface area contributed by atoms with E-state index in [1.54, 1.807) is 0 Å². The number of benzene rings is 1. The number of hydrogen-bond acceptors (Lipinski definition) is 4. The number of likely N-dealkylation sites (N-methyl/N-ethyl adjacent to an activating group) is 2. The van der Waals surface area contributed by atoms with Crippen LogP contribution in [0.5, 0.6) is 5.75 Å². The number of hydrogen-bond donors (Lipinski definition) is 1. The Bertz CT molecular complexity index is 588. The first-order valence-electron chi connectivity index (χ1n) is 8.90. The molecule has 1 aromatic carbocycles. The van der Waals surface area contributed by atoms with Crippen LogP contribution in [-0.2, 0) is 17.8 Å². The number of carbonyl (C=O) groups is 1. The minimum absolute atomic E-state index is 0.0812. The molecule has 0 aliphatic carbocycles. The van der Waals surface area contributed by atoms with Crippen LogP contribution in [-0.4, -0.2) is 62.6 Å². The first-order valence-corrected chi connectivity index (χ1v) is 8.90. The van der Waals surface area contributed by atoms with Gasteiger partial charge in [-0.25, -0.2) is 0 Å². The summed E-state index contributed by atoms with van der Waals surface area (Å²) in [6.07, 6.45) is 3.00. The average molecular weight is 331 g/mol. The lowest BCUT2D eigenvalue weighted by molar-refractivity contribution is -0.125. The molecule has 0 saturated carbocycles. The van der Waals surface area contributed by atoms with Gasteiger partial charge in [0.25, 0.3) is 0 Å². The summed E-state index contributed by atoms with van der Waals surface area (Å²) < 4.78 is 5.53. The molecule has 5 heteroatoms. The van der Waals surface area contributed by atoms with Crippen molar-refractivity contribution in [2.75, 3.05) is 40.8 Å². The SMILES string of the molecule is CN1C[C@H](C(=O)NCc2ccc3c(c2)CCO3)CC[C@H](N(C)C)C1. The monoisotopic (exact) mass is 331 g/mol. The van der Waals surface area contributed by atoms with E-state index in [0.717, 1.165) is 50.3 Å². The second-order valence-corrected chi connectivity index (χ2v) is 7.37. The third-order valence-electron chi connectivity index (χ3n) is 5.22. The van der Waals surface area contributed by atoms with Gasteiger partial charge in [-0.2, -0.15) is 0 Å². The Labute approximate surface area is 145 Å². The van der Waals surface area contributed by atoms with Crippen molar-refractivity contribution >= 4 is 5.91 Å². The molecule has 2 aliphatic rings. The molecule has 1 aromatic rings. The summed E-state index contributed by atoms with van der Waals surface area (Å²) >= 11 is 0. The van der Waals surface area contributed by atoms with Crippen molar-refractivity contribution in [3.05, 3.63) is 29.3 Å². The van der Waals surface area contributed by atoms with Gasteiger partial charge in [-0.15, -0.1) is 0 Å². The Balaban J connectivity index is 1.54. The predicted octanol–water partition coefficient (Wildman–Crippen LogP) is 1.51. The topological polar surface area (TPSA) is 44.8 Å². The van der Waals surface area contributed by atoms with E-state index in [1.807, 2.05) is 12.1 Å². The van der Waals surface area contributed by atoms with Gasteiger partial charge >= 0.3 is 0 Å². The maximum Gasteiger partial charge on any atom is 0.224 e. The molecule has 0 spiro atoms. The van der Waals surface area contributed by atoms with Crippen LogP contribution in [0.15, 0.2) is 18.2 Å². The van der Waals surface area contributed by atoms with Gasteiger partial charge in [-0.1, -0.05) is 12.1 Å². The molecule has 1 fully saturated rings. The normalized spacial score (nSPS) is 24.3. The molecule has 5 nitrogen and oxygen atoms in total. The van der Waals surface area contributed by atoms with Crippen molar-refractivity contribution in [1.29, 1.82) is 0 Å². The summed E-state index contributed by atoms with van der Waals surface area (Å²) in [6.45, 7) is 3.24. The third kappa shape index (κ3) is 4.08. The Morgan fingerprint density at radius 2 is 2.17 bits per heavy atom. The quantitative estimate of drug-likeness (QED) is 0.908. The molecule has 132 valence electrons. The van der Waals surface area contributed by atoms with Crippen LogP contribution in [0.2, 0.25) is 0 Å².